The van der Waals surface area contributed by atoms with E-state index in [4.69, 9.17) is 9.84 Å². The number of aromatic nitrogens is 6. The van der Waals surface area contributed by atoms with Crippen LogP contribution in [0.4, 0.5) is 38.0 Å². The quantitative estimate of drug-likeness (QED) is 0.181. The minimum Gasteiger partial charge on any atom is -0.476 e. The van der Waals surface area contributed by atoms with Gasteiger partial charge < -0.3 is 19.6 Å². The largest absolute Gasteiger partial charge is 0.476 e. The van der Waals surface area contributed by atoms with Gasteiger partial charge in [-0.05, 0) is 42.1 Å². The average Bonchev–Trinajstić information content (AvgIpc) is 3.74. The summed E-state index contributed by atoms with van der Waals surface area (Å²) < 4.78 is 94.0. The maximum absolute atomic E-state index is 14.4. The van der Waals surface area contributed by atoms with Gasteiger partial charge in [0.25, 0.3) is 11.8 Å². The molecule has 20 heteroatoms. The van der Waals surface area contributed by atoms with Crippen molar-refractivity contribution >= 4 is 46.6 Å². The van der Waals surface area contributed by atoms with Crippen LogP contribution in [-0.2, 0) is 4.74 Å². The molecule has 0 spiro atoms. The molecule has 0 aromatic carbocycles. The number of piperidine rings is 2. The van der Waals surface area contributed by atoms with Gasteiger partial charge in [-0.3, -0.25) is 0 Å². The summed E-state index contributed by atoms with van der Waals surface area (Å²) in [6.07, 6.45) is 1.33. The number of ether oxygens (including phenoxy) is 1. The van der Waals surface area contributed by atoms with Crippen molar-refractivity contribution in [3.05, 3.63) is 46.2 Å². The predicted octanol–water partition coefficient (Wildman–Crippen LogP) is 5.82. The number of carbonyl (C=O) groups is 2. The molecule has 48 heavy (non-hydrogen) atoms. The van der Waals surface area contributed by atoms with E-state index < -0.39 is 35.4 Å². The Morgan fingerprint density at radius 2 is 1.21 bits per heavy atom. The van der Waals surface area contributed by atoms with Crippen molar-refractivity contribution in [1.82, 2.24) is 28.7 Å². The standard InChI is InChI=1S/C15H15F3N4O2S.C13H11F3N4O2S/c1-2-24-14(23)13-20-11(21-25-13)9-7-10(16)12(19-8-9)22-5-3-15(17,18)4-6-22;14-8-5-7(9-18-11(12(21)22)23-19-9)6-17-10(8)20-3-1-13(15,16)2-4-20/h7-8H,2-6H2,1H3;5-6H,1-4H2,(H,21,22). The lowest BCUT2D eigenvalue weighted by Crippen LogP contribution is -2.40. The number of carbonyl (C=O) groups excluding carboxylic acids is 1. The van der Waals surface area contributed by atoms with E-state index in [0.717, 1.165) is 17.6 Å². The number of carboxylic acids is 1. The topological polar surface area (TPSA) is 147 Å². The lowest BCUT2D eigenvalue weighted by molar-refractivity contribution is -0.0228. The molecule has 0 amide bonds. The fourth-order valence-electron chi connectivity index (χ4n) is 4.71. The fourth-order valence-corrected chi connectivity index (χ4v) is 5.81. The molecule has 0 unspecified atom stereocenters. The van der Waals surface area contributed by atoms with Gasteiger partial charge in [0.15, 0.2) is 34.9 Å². The highest BCUT2D eigenvalue weighted by Crippen LogP contribution is 2.33. The molecule has 2 fully saturated rings. The summed E-state index contributed by atoms with van der Waals surface area (Å²) in [5.74, 6) is -8.30. The second kappa shape index (κ2) is 14.3. The van der Waals surface area contributed by atoms with Crippen molar-refractivity contribution in [3.63, 3.8) is 0 Å². The van der Waals surface area contributed by atoms with Crippen molar-refractivity contribution < 1.29 is 45.8 Å². The van der Waals surface area contributed by atoms with Gasteiger partial charge in [-0.1, -0.05) is 0 Å². The minimum absolute atomic E-state index is 0.00191. The molecule has 6 heterocycles. The molecule has 0 atom stereocenters. The summed E-state index contributed by atoms with van der Waals surface area (Å²) in [6.45, 7) is 2.01. The Morgan fingerprint density at radius 3 is 1.58 bits per heavy atom. The van der Waals surface area contributed by atoms with Crippen molar-refractivity contribution in [2.75, 3.05) is 42.6 Å². The molecule has 0 saturated carbocycles. The van der Waals surface area contributed by atoms with Gasteiger partial charge >= 0.3 is 11.9 Å². The van der Waals surface area contributed by atoms with Crippen molar-refractivity contribution in [3.8, 4) is 22.8 Å². The first-order valence-electron chi connectivity index (χ1n) is 14.4. The van der Waals surface area contributed by atoms with Crippen LogP contribution in [0.2, 0.25) is 0 Å². The maximum Gasteiger partial charge on any atom is 0.369 e. The highest BCUT2D eigenvalue weighted by molar-refractivity contribution is 7.08. The monoisotopic (exact) mass is 716 g/mol. The molecule has 4 aromatic heterocycles. The molecule has 2 aliphatic heterocycles. The Kier molecular flexibility index (Phi) is 10.4. The maximum atomic E-state index is 14.4. The van der Waals surface area contributed by atoms with Gasteiger partial charge in [0.1, 0.15) is 0 Å². The van der Waals surface area contributed by atoms with Crippen LogP contribution >= 0.6 is 23.1 Å². The van der Waals surface area contributed by atoms with Gasteiger partial charge in [0.2, 0.25) is 10.0 Å². The molecule has 1 N–H and O–H groups in total. The molecule has 0 aliphatic carbocycles. The van der Waals surface area contributed by atoms with Crippen molar-refractivity contribution in [1.29, 1.82) is 0 Å². The summed E-state index contributed by atoms with van der Waals surface area (Å²) in [6, 6.07) is 2.31. The normalized spacial score (nSPS) is 17.0. The molecule has 2 aliphatic rings. The van der Waals surface area contributed by atoms with Crippen LogP contribution < -0.4 is 9.80 Å². The van der Waals surface area contributed by atoms with E-state index in [2.05, 4.69) is 28.7 Å². The molecule has 6 rings (SSSR count). The van der Waals surface area contributed by atoms with Gasteiger partial charge in [0.05, 0.1) is 6.61 Å². The van der Waals surface area contributed by atoms with E-state index in [9.17, 15) is 35.9 Å². The fraction of sp³-hybridized carbons (Fsp3) is 0.429. The Bertz CT molecular complexity index is 1770. The summed E-state index contributed by atoms with van der Waals surface area (Å²) in [5, 5.41) is 8.67. The third-order valence-electron chi connectivity index (χ3n) is 7.23. The first-order chi connectivity index (χ1) is 22.7. The number of hydrogen-bond donors (Lipinski definition) is 1. The van der Waals surface area contributed by atoms with Crippen LogP contribution in [0.1, 0.15) is 52.2 Å². The van der Waals surface area contributed by atoms with E-state index in [1.807, 2.05) is 0 Å². The van der Waals surface area contributed by atoms with Crippen LogP contribution in [0, 0.1) is 11.6 Å². The van der Waals surface area contributed by atoms with Gasteiger partial charge in [-0.15, -0.1) is 0 Å². The number of hydrogen-bond acceptors (Lipinski definition) is 13. The number of alkyl halides is 4. The number of halogens is 6. The first-order valence-corrected chi connectivity index (χ1v) is 15.9. The smallest absolute Gasteiger partial charge is 0.369 e. The lowest BCUT2D eigenvalue weighted by Gasteiger charge is -2.32. The Labute approximate surface area is 276 Å². The van der Waals surface area contributed by atoms with Crippen LogP contribution in [0.25, 0.3) is 22.8 Å². The molecular weight excluding hydrogens is 690 g/mol. The highest BCUT2D eigenvalue weighted by Gasteiger charge is 2.36. The summed E-state index contributed by atoms with van der Waals surface area (Å²) >= 11 is 1.54. The van der Waals surface area contributed by atoms with E-state index in [1.165, 1.54) is 28.3 Å². The Morgan fingerprint density at radius 1 is 0.792 bits per heavy atom. The Balaban J connectivity index is 0.000000188. The Hall–Kier alpha value is -4.46. The number of carboxylic acid groups (broad SMARTS) is 1. The van der Waals surface area contributed by atoms with Crippen LogP contribution in [-0.4, -0.2) is 90.4 Å². The molecule has 256 valence electrons. The third-order valence-corrected chi connectivity index (χ3v) is 8.63. The van der Waals surface area contributed by atoms with Crippen molar-refractivity contribution in [2.45, 2.75) is 44.5 Å². The number of pyridine rings is 2. The van der Waals surface area contributed by atoms with E-state index in [0.29, 0.717) is 17.1 Å². The van der Waals surface area contributed by atoms with Crippen LogP contribution in [0.5, 0.6) is 0 Å². The van der Waals surface area contributed by atoms with Crippen molar-refractivity contribution in [2.24, 2.45) is 0 Å². The highest BCUT2D eigenvalue weighted by atomic mass is 32.1. The van der Waals surface area contributed by atoms with Gasteiger partial charge in [0, 0.05) is 75.4 Å². The van der Waals surface area contributed by atoms with Gasteiger partial charge in [-0.25, -0.2) is 55.9 Å². The third kappa shape index (κ3) is 8.33. The summed E-state index contributed by atoms with van der Waals surface area (Å²) in [5.41, 5.74) is 0.535. The van der Waals surface area contributed by atoms with E-state index in [1.54, 1.807) is 6.92 Å². The van der Waals surface area contributed by atoms with E-state index >= 15 is 0 Å². The van der Waals surface area contributed by atoms with Gasteiger partial charge in [-0.2, -0.15) is 8.75 Å². The zero-order valence-corrected chi connectivity index (χ0v) is 26.6. The minimum atomic E-state index is -2.72. The molecule has 12 nitrogen and oxygen atoms in total. The number of rotatable bonds is 7. The first kappa shape index (κ1) is 34.9. The average molecular weight is 717 g/mol. The molecule has 2 saturated heterocycles. The van der Waals surface area contributed by atoms with Crippen LogP contribution in [0.3, 0.4) is 0 Å². The zero-order chi connectivity index (χ0) is 34.6. The second-order valence-electron chi connectivity index (χ2n) is 10.6. The molecule has 0 bridgehead atoms. The number of anilines is 2. The molecule has 4 aromatic rings. The number of esters is 1. The zero-order valence-electron chi connectivity index (χ0n) is 25.0. The summed E-state index contributed by atoms with van der Waals surface area (Å²) in [4.78, 5) is 41.1. The SMILES string of the molecule is CCOC(=O)c1nc(-c2cnc(N3CCC(F)(F)CC3)c(F)c2)ns1.O=C(O)c1nc(-c2cnc(N3CCC(F)(F)CC3)c(F)c2)ns1. The van der Waals surface area contributed by atoms with E-state index in [-0.39, 0.29) is 97.3 Å². The lowest BCUT2D eigenvalue weighted by atomic mass is 10.1. The summed E-state index contributed by atoms with van der Waals surface area (Å²) in [7, 11) is 0. The number of aromatic carboxylic acids is 1. The molecule has 0 radical (unpaired) electrons. The predicted molar refractivity (Wildman–Crippen MR) is 162 cm³/mol. The second-order valence-corrected chi connectivity index (χ2v) is 12.1. The van der Waals surface area contributed by atoms with Crippen LogP contribution in [0.15, 0.2) is 24.5 Å². The number of nitrogens with zero attached hydrogens (tertiary/aromatic N) is 8. The molecular formula is C28H26F6N8O4S2.